The van der Waals surface area contributed by atoms with Crippen LogP contribution in [0.3, 0.4) is 0 Å². The highest BCUT2D eigenvalue weighted by atomic mass is 32.3. The summed E-state index contributed by atoms with van der Waals surface area (Å²) in [7, 11) is -5.48. The molecule has 6 N–H and O–H groups in total. The number of aliphatic hydroxyl groups is 4. The standard InChI is InChI=1S/C8H22N2O7S/c11-5-1-9(2-6-12)18(15,16,17)10(3-7-13)4-8-14/h11-14H,1-8H2,(H2,15,16,17). The largest absolute Gasteiger partial charge is 0.395 e. The molecule has 9 nitrogen and oxygen atoms in total. The van der Waals surface area contributed by atoms with Gasteiger partial charge in [-0.3, -0.25) is 9.11 Å². The Morgan fingerprint density at radius 3 is 1.06 bits per heavy atom. The smallest absolute Gasteiger partial charge is 0.201 e. The van der Waals surface area contributed by atoms with E-state index < -0.39 is 36.4 Å². The van der Waals surface area contributed by atoms with Crippen molar-refractivity contribution in [3.05, 3.63) is 0 Å². The first-order valence-corrected chi connectivity index (χ1v) is 7.22. The molecule has 0 atom stereocenters. The van der Waals surface area contributed by atoms with Crippen LogP contribution in [0.1, 0.15) is 0 Å². The van der Waals surface area contributed by atoms with Gasteiger partial charge in [0, 0.05) is 26.2 Å². The summed E-state index contributed by atoms with van der Waals surface area (Å²) in [5, 5.41) is 35.2. The maximum absolute atomic E-state index is 12.3. The van der Waals surface area contributed by atoms with Crippen LogP contribution in [0.15, 0.2) is 0 Å². The van der Waals surface area contributed by atoms with Crippen molar-refractivity contribution in [2.24, 2.45) is 0 Å². The average molecular weight is 290 g/mol. The zero-order chi connectivity index (χ0) is 14.3. The van der Waals surface area contributed by atoms with Crippen LogP contribution < -0.4 is 0 Å². The van der Waals surface area contributed by atoms with Gasteiger partial charge in [-0.05, 0) is 0 Å². The van der Waals surface area contributed by atoms with E-state index in [0.29, 0.717) is 8.61 Å². The van der Waals surface area contributed by atoms with E-state index in [1.165, 1.54) is 0 Å². The van der Waals surface area contributed by atoms with Gasteiger partial charge in [-0.15, -0.1) is 0 Å². The first-order valence-electron chi connectivity index (χ1n) is 5.43. The first-order chi connectivity index (χ1) is 8.32. The average Bonchev–Trinajstić information content (AvgIpc) is 2.28. The van der Waals surface area contributed by atoms with E-state index >= 15 is 0 Å². The Balaban J connectivity index is 5.20. The van der Waals surface area contributed by atoms with Gasteiger partial charge in [-0.1, -0.05) is 0 Å². The van der Waals surface area contributed by atoms with Gasteiger partial charge < -0.3 is 20.4 Å². The minimum Gasteiger partial charge on any atom is -0.395 e. The van der Waals surface area contributed by atoms with Crippen molar-refractivity contribution in [3.8, 4) is 0 Å². The fourth-order valence-electron chi connectivity index (χ4n) is 1.47. The lowest BCUT2D eigenvalue weighted by atomic mass is 10.6. The van der Waals surface area contributed by atoms with Crippen LogP contribution in [0.25, 0.3) is 0 Å². The molecule has 0 spiro atoms. The Hall–Kier alpha value is -0.170. The number of hydrogen-bond acceptors (Lipinski definition) is 5. The molecule has 0 bridgehead atoms. The van der Waals surface area contributed by atoms with Gasteiger partial charge in [0.1, 0.15) is 0 Å². The van der Waals surface area contributed by atoms with Gasteiger partial charge in [-0.25, -0.2) is 0 Å². The molecule has 0 fully saturated rings. The monoisotopic (exact) mass is 290 g/mol. The summed E-state index contributed by atoms with van der Waals surface area (Å²) >= 11 is 0. The van der Waals surface area contributed by atoms with E-state index in [4.69, 9.17) is 20.4 Å². The molecule has 0 rings (SSSR count). The van der Waals surface area contributed by atoms with Crippen LogP contribution in [0, 0.1) is 0 Å². The third-order valence-electron chi connectivity index (χ3n) is 2.30. The molecule has 0 saturated carbocycles. The maximum atomic E-state index is 12.3. The maximum Gasteiger partial charge on any atom is 0.201 e. The molecule has 0 aliphatic heterocycles. The molecule has 0 heterocycles. The van der Waals surface area contributed by atoms with Gasteiger partial charge in [0.25, 0.3) is 0 Å². The SMILES string of the molecule is O=S(O)(O)(N(CCO)CCO)N(CCO)CCO. The van der Waals surface area contributed by atoms with Crippen LogP contribution >= 0.6 is 0 Å². The Bertz CT molecular complexity index is 261. The molecule has 0 aromatic rings. The van der Waals surface area contributed by atoms with Gasteiger partial charge in [0.15, 0.2) is 0 Å². The van der Waals surface area contributed by atoms with Crippen LogP contribution in [-0.2, 0) is 10.00 Å². The fraction of sp³-hybridized carbons (Fsp3) is 1.00. The summed E-state index contributed by atoms with van der Waals surface area (Å²) in [5.74, 6) is 0. The van der Waals surface area contributed by atoms with Crippen molar-refractivity contribution in [1.82, 2.24) is 8.61 Å². The predicted molar refractivity (Wildman–Crippen MR) is 64.9 cm³/mol. The topological polar surface area (TPSA) is 145 Å². The number of hydrogen-bond donors (Lipinski definition) is 6. The summed E-state index contributed by atoms with van der Waals surface area (Å²) < 4.78 is 33.4. The summed E-state index contributed by atoms with van der Waals surface area (Å²) in [6.45, 7) is -3.36. The van der Waals surface area contributed by atoms with E-state index in [0.717, 1.165) is 0 Å². The summed E-state index contributed by atoms with van der Waals surface area (Å²) in [4.78, 5) is 0. The van der Waals surface area contributed by atoms with E-state index in [2.05, 4.69) is 0 Å². The Morgan fingerprint density at radius 2 is 0.889 bits per heavy atom. The van der Waals surface area contributed by atoms with Crippen LogP contribution in [0.4, 0.5) is 0 Å². The van der Waals surface area contributed by atoms with Crippen molar-refractivity contribution in [1.29, 1.82) is 0 Å². The van der Waals surface area contributed by atoms with Crippen molar-refractivity contribution in [3.63, 3.8) is 0 Å². The molecule has 0 amide bonds. The summed E-state index contributed by atoms with van der Waals surface area (Å²) in [6.07, 6.45) is 0. The Labute approximate surface area is 106 Å². The third kappa shape index (κ3) is 4.50. The van der Waals surface area contributed by atoms with E-state index in [1.54, 1.807) is 0 Å². The molecule has 0 radical (unpaired) electrons. The van der Waals surface area contributed by atoms with E-state index in [9.17, 15) is 13.3 Å². The highest BCUT2D eigenvalue weighted by Gasteiger charge is 2.43. The highest BCUT2D eigenvalue weighted by Crippen LogP contribution is 2.26. The molecule has 0 aliphatic carbocycles. The van der Waals surface area contributed by atoms with Gasteiger partial charge in [0.05, 0.1) is 26.4 Å². The van der Waals surface area contributed by atoms with Crippen LogP contribution in [0.5, 0.6) is 0 Å². The second kappa shape index (κ2) is 7.43. The molecule has 0 aliphatic rings. The van der Waals surface area contributed by atoms with Gasteiger partial charge in [-0.2, -0.15) is 12.8 Å². The minimum atomic E-state index is -5.48. The lowest BCUT2D eigenvalue weighted by molar-refractivity contribution is 0.137. The molecule has 112 valence electrons. The summed E-state index contributed by atoms with van der Waals surface area (Å²) in [5.41, 5.74) is 0. The summed E-state index contributed by atoms with van der Waals surface area (Å²) in [6, 6.07) is 0. The molecule has 0 aromatic carbocycles. The van der Waals surface area contributed by atoms with Crippen molar-refractivity contribution < 1.29 is 33.7 Å². The molecule has 0 unspecified atom stereocenters. The molecular weight excluding hydrogens is 268 g/mol. The molecule has 10 heteroatoms. The lowest BCUT2D eigenvalue weighted by Gasteiger charge is -2.47. The van der Waals surface area contributed by atoms with E-state index in [1.807, 2.05) is 0 Å². The third-order valence-corrected chi connectivity index (χ3v) is 4.84. The van der Waals surface area contributed by atoms with Crippen molar-refractivity contribution in [2.45, 2.75) is 0 Å². The molecule has 0 saturated heterocycles. The number of rotatable bonds is 10. The van der Waals surface area contributed by atoms with Gasteiger partial charge in [0.2, 0.25) is 10.00 Å². The molecule has 0 aromatic heterocycles. The highest BCUT2D eigenvalue weighted by molar-refractivity contribution is 8.05. The second-order valence-electron chi connectivity index (χ2n) is 3.54. The van der Waals surface area contributed by atoms with Crippen molar-refractivity contribution in [2.75, 3.05) is 52.6 Å². The van der Waals surface area contributed by atoms with Crippen LogP contribution in [0.2, 0.25) is 0 Å². The molecular formula is C8H22N2O7S. The zero-order valence-electron chi connectivity index (χ0n) is 10.1. The normalized spacial score (nSPS) is 15.0. The zero-order valence-corrected chi connectivity index (χ0v) is 10.9. The van der Waals surface area contributed by atoms with E-state index in [-0.39, 0.29) is 26.2 Å². The Kier molecular flexibility index (Phi) is 7.36. The fourth-order valence-corrected chi connectivity index (χ4v) is 3.40. The number of aliphatic hydroxyl groups excluding tert-OH is 4. The quantitative estimate of drug-likeness (QED) is 0.254. The minimum absolute atomic E-state index is 0.341. The Morgan fingerprint density at radius 1 is 0.667 bits per heavy atom. The predicted octanol–water partition coefficient (Wildman–Crippen LogP) is -2.84. The van der Waals surface area contributed by atoms with Crippen LogP contribution in [-0.4, -0.2) is 95.0 Å². The lowest BCUT2D eigenvalue weighted by Crippen LogP contribution is -2.63. The van der Waals surface area contributed by atoms with Gasteiger partial charge >= 0.3 is 0 Å². The second-order valence-corrected chi connectivity index (χ2v) is 6.15. The molecule has 18 heavy (non-hydrogen) atoms. The van der Waals surface area contributed by atoms with Crippen molar-refractivity contribution >= 4 is 10.00 Å². The number of nitrogens with zero attached hydrogens (tertiary/aromatic N) is 2. The first kappa shape index (κ1) is 17.8.